The first kappa shape index (κ1) is 10.7. The van der Waals surface area contributed by atoms with E-state index >= 15 is 0 Å². The molecule has 0 fully saturated rings. The van der Waals surface area contributed by atoms with Crippen LogP contribution in [0.2, 0.25) is 0 Å². The molecular weight excluding hydrogens is 184 g/mol. The minimum atomic E-state index is -0.657. The predicted octanol–water partition coefficient (Wildman–Crippen LogP) is 1.03. The van der Waals surface area contributed by atoms with Gasteiger partial charge in [0.1, 0.15) is 11.9 Å². The number of nitrogens with zero attached hydrogens (tertiary/aromatic N) is 2. The molecule has 0 aliphatic rings. The van der Waals surface area contributed by atoms with E-state index in [4.69, 9.17) is 9.84 Å². The van der Waals surface area contributed by atoms with Crippen molar-refractivity contribution in [3.05, 3.63) is 18.7 Å². The van der Waals surface area contributed by atoms with Gasteiger partial charge in [0.25, 0.3) is 0 Å². The second kappa shape index (κ2) is 4.23. The summed E-state index contributed by atoms with van der Waals surface area (Å²) in [5.74, 6) is 0. The summed E-state index contributed by atoms with van der Waals surface area (Å²) in [6, 6.07) is 0. The Labute approximate surface area is 82.3 Å². The van der Waals surface area contributed by atoms with Gasteiger partial charge < -0.3 is 9.84 Å². The molecule has 0 radical (unpaired) electrons. The van der Waals surface area contributed by atoms with Crippen LogP contribution < -0.4 is 0 Å². The first-order chi connectivity index (χ1) is 6.55. The maximum atomic E-state index is 11.4. The molecule has 0 amide bonds. The van der Waals surface area contributed by atoms with E-state index in [1.807, 2.05) is 0 Å². The molecule has 5 heteroatoms. The number of hydrogen-bond donors (Lipinski definition) is 1. The summed E-state index contributed by atoms with van der Waals surface area (Å²) >= 11 is 0. The molecule has 1 rings (SSSR count). The molecule has 78 valence electrons. The second-order valence-electron chi connectivity index (χ2n) is 3.57. The topological polar surface area (TPSA) is 64.3 Å². The van der Waals surface area contributed by atoms with Crippen molar-refractivity contribution in [3.63, 3.8) is 0 Å². The van der Waals surface area contributed by atoms with Crippen molar-refractivity contribution in [2.75, 3.05) is 6.61 Å². The predicted molar refractivity (Wildman–Crippen MR) is 49.9 cm³/mol. The smallest absolute Gasteiger partial charge is 0.419 e. The summed E-state index contributed by atoms with van der Waals surface area (Å²) < 4.78 is 6.40. The average molecular weight is 198 g/mol. The Morgan fingerprint density at radius 2 is 2.36 bits per heavy atom. The number of hydrogen-bond acceptors (Lipinski definition) is 4. The molecule has 0 aliphatic heterocycles. The maximum Gasteiger partial charge on any atom is 0.419 e. The minimum absolute atomic E-state index is 0.00971. The van der Waals surface area contributed by atoms with E-state index in [0.717, 1.165) is 0 Å². The normalized spacial score (nSPS) is 11.4. The molecule has 1 heterocycles. The van der Waals surface area contributed by atoms with Crippen molar-refractivity contribution < 1.29 is 14.6 Å². The second-order valence-corrected chi connectivity index (χ2v) is 3.57. The average Bonchev–Trinajstić information content (AvgIpc) is 2.53. The molecule has 0 saturated heterocycles. The Kier molecular flexibility index (Phi) is 3.24. The summed E-state index contributed by atoms with van der Waals surface area (Å²) in [5.41, 5.74) is -0.657. The van der Waals surface area contributed by atoms with Crippen LogP contribution in [0.5, 0.6) is 0 Å². The van der Waals surface area contributed by atoms with Crippen LogP contribution in [-0.4, -0.2) is 33.0 Å². The lowest BCUT2D eigenvalue weighted by atomic mass is 10.1. The van der Waals surface area contributed by atoms with E-state index in [9.17, 15) is 4.79 Å². The quantitative estimate of drug-likeness (QED) is 0.787. The maximum absolute atomic E-state index is 11.4. The van der Waals surface area contributed by atoms with E-state index in [-0.39, 0.29) is 6.61 Å². The van der Waals surface area contributed by atoms with Crippen LogP contribution >= 0.6 is 0 Å². The highest BCUT2D eigenvalue weighted by Gasteiger charge is 2.22. The van der Waals surface area contributed by atoms with Gasteiger partial charge in [0.2, 0.25) is 0 Å². The fraction of sp³-hybridized carbons (Fsp3) is 0.556. The van der Waals surface area contributed by atoms with E-state index in [0.29, 0.717) is 6.42 Å². The number of ether oxygens (including phenoxy) is 1. The van der Waals surface area contributed by atoms with Gasteiger partial charge in [-0.25, -0.2) is 14.3 Å². The summed E-state index contributed by atoms with van der Waals surface area (Å²) in [4.78, 5) is 15.1. The van der Waals surface area contributed by atoms with Gasteiger partial charge in [-0.05, 0) is 13.8 Å². The van der Waals surface area contributed by atoms with Crippen molar-refractivity contribution in [1.82, 2.24) is 9.55 Å². The first-order valence-corrected chi connectivity index (χ1v) is 4.37. The molecule has 1 N–H and O–H groups in total. The monoisotopic (exact) mass is 198 g/mol. The van der Waals surface area contributed by atoms with Crippen molar-refractivity contribution in [2.45, 2.75) is 25.9 Å². The lowest BCUT2D eigenvalue weighted by Gasteiger charge is -2.23. The Morgan fingerprint density at radius 1 is 1.64 bits per heavy atom. The van der Waals surface area contributed by atoms with E-state index in [1.54, 1.807) is 13.8 Å². The highest BCUT2D eigenvalue weighted by Crippen LogP contribution is 2.14. The number of rotatable bonds is 3. The molecule has 0 saturated carbocycles. The number of aliphatic hydroxyl groups excluding tert-OH is 1. The Hall–Kier alpha value is -1.36. The van der Waals surface area contributed by atoms with Gasteiger partial charge in [0.05, 0.1) is 0 Å². The van der Waals surface area contributed by atoms with Crippen molar-refractivity contribution in [2.24, 2.45) is 0 Å². The van der Waals surface area contributed by atoms with Gasteiger partial charge in [0.15, 0.2) is 0 Å². The molecule has 0 aliphatic carbocycles. The number of aliphatic hydroxyl groups is 1. The zero-order chi connectivity index (χ0) is 10.6. The molecule has 1 aromatic rings. The lowest BCUT2D eigenvalue weighted by molar-refractivity contribution is 0.0218. The molecule has 0 unspecified atom stereocenters. The SMILES string of the molecule is CC(C)(CCO)OC(=O)n1ccnc1. The van der Waals surface area contributed by atoms with Crippen molar-refractivity contribution in [1.29, 1.82) is 0 Å². The Bertz CT molecular complexity index is 293. The molecule has 14 heavy (non-hydrogen) atoms. The molecule has 0 spiro atoms. The number of imidazole rings is 1. The van der Waals surface area contributed by atoms with Crippen LogP contribution in [-0.2, 0) is 4.74 Å². The Morgan fingerprint density at radius 3 is 2.86 bits per heavy atom. The number of aromatic nitrogens is 2. The highest BCUT2D eigenvalue weighted by atomic mass is 16.6. The summed E-state index contributed by atoms with van der Waals surface area (Å²) in [7, 11) is 0. The molecule has 1 aromatic heterocycles. The van der Waals surface area contributed by atoms with Crippen LogP contribution in [0.1, 0.15) is 20.3 Å². The first-order valence-electron chi connectivity index (χ1n) is 4.37. The van der Waals surface area contributed by atoms with Gasteiger partial charge in [-0.15, -0.1) is 0 Å². The van der Waals surface area contributed by atoms with Crippen LogP contribution in [0.3, 0.4) is 0 Å². The summed E-state index contributed by atoms with van der Waals surface area (Å²) in [5, 5.41) is 8.73. The van der Waals surface area contributed by atoms with Crippen molar-refractivity contribution in [3.8, 4) is 0 Å². The van der Waals surface area contributed by atoms with Gasteiger partial charge in [-0.1, -0.05) is 0 Å². The van der Waals surface area contributed by atoms with Gasteiger partial charge in [-0.3, -0.25) is 0 Å². The number of carbonyl (C=O) groups excluding carboxylic acids is 1. The molecular formula is C9H14N2O3. The van der Waals surface area contributed by atoms with Crippen LogP contribution in [0.15, 0.2) is 18.7 Å². The van der Waals surface area contributed by atoms with E-state index < -0.39 is 11.7 Å². The zero-order valence-electron chi connectivity index (χ0n) is 8.30. The third-order valence-corrected chi connectivity index (χ3v) is 1.79. The van der Waals surface area contributed by atoms with E-state index in [1.165, 1.54) is 23.3 Å². The van der Waals surface area contributed by atoms with E-state index in [2.05, 4.69) is 4.98 Å². The fourth-order valence-corrected chi connectivity index (χ4v) is 0.976. The van der Waals surface area contributed by atoms with Crippen molar-refractivity contribution >= 4 is 6.09 Å². The molecule has 5 nitrogen and oxygen atoms in total. The molecule has 0 aromatic carbocycles. The van der Waals surface area contributed by atoms with Crippen LogP contribution in [0, 0.1) is 0 Å². The molecule has 0 bridgehead atoms. The fourth-order valence-electron chi connectivity index (χ4n) is 0.976. The summed E-state index contributed by atoms with van der Waals surface area (Å²) in [6.45, 7) is 3.49. The van der Waals surface area contributed by atoms with Gasteiger partial charge >= 0.3 is 6.09 Å². The molecule has 0 atom stereocenters. The third-order valence-electron chi connectivity index (χ3n) is 1.79. The zero-order valence-corrected chi connectivity index (χ0v) is 8.30. The van der Waals surface area contributed by atoms with Crippen LogP contribution in [0.4, 0.5) is 4.79 Å². The van der Waals surface area contributed by atoms with Gasteiger partial charge in [-0.2, -0.15) is 0 Å². The lowest BCUT2D eigenvalue weighted by Crippen LogP contribution is -2.31. The van der Waals surface area contributed by atoms with Crippen LogP contribution in [0.25, 0.3) is 0 Å². The third kappa shape index (κ3) is 2.85. The largest absolute Gasteiger partial charge is 0.443 e. The summed E-state index contributed by atoms with van der Waals surface area (Å²) in [6.07, 6.45) is 4.31. The number of carbonyl (C=O) groups is 1. The minimum Gasteiger partial charge on any atom is -0.443 e. The Balaban J connectivity index is 2.57. The highest BCUT2D eigenvalue weighted by molar-refractivity contribution is 5.70. The standard InChI is InChI=1S/C9H14N2O3/c1-9(2,3-6-12)14-8(13)11-5-4-10-7-11/h4-5,7,12H,3,6H2,1-2H3. The van der Waals surface area contributed by atoms with Gasteiger partial charge in [0, 0.05) is 25.4 Å².